The Labute approximate surface area is 267 Å². The molecule has 0 spiro atoms. The molecule has 0 unspecified atom stereocenters. The second kappa shape index (κ2) is 10.5. The number of rotatable bonds is 5. The Kier molecular flexibility index (Phi) is 6.18. The van der Waals surface area contributed by atoms with E-state index in [1.165, 1.54) is 44.1 Å². The SMILES string of the molecule is c1cc[c]([Ge]([c]2ccccc2)([c]2ccccc2)[c]2ccnc3c2sc2ncc(-n4c5ccccc5c5ccccc54)cc23)cc1. The summed E-state index contributed by atoms with van der Waals surface area (Å²) in [5.41, 5.74) is 4.44. The predicted octanol–water partition coefficient (Wildman–Crippen LogP) is 7.32. The van der Waals surface area contributed by atoms with Crippen LogP contribution in [-0.4, -0.2) is 27.8 Å². The van der Waals surface area contributed by atoms with Crippen LogP contribution in [0.1, 0.15) is 0 Å². The number of hydrogen-bond acceptors (Lipinski definition) is 3. The van der Waals surface area contributed by atoms with Crippen molar-refractivity contribution in [1.29, 1.82) is 0 Å². The van der Waals surface area contributed by atoms with E-state index in [0.717, 1.165) is 21.4 Å². The van der Waals surface area contributed by atoms with Crippen LogP contribution in [0, 0.1) is 0 Å². The van der Waals surface area contributed by atoms with E-state index in [-0.39, 0.29) is 0 Å². The van der Waals surface area contributed by atoms with Gasteiger partial charge in [-0.25, -0.2) is 0 Å². The van der Waals surface area contributed by atoms with Crippen molar-refractivity contribution in [3.63, 3.8) is 0 Å². The summed E-state index contributed by atoms with van der Waals surface area (Å²) in [6.45, 7) is 0. The van der Waals surface area contributed by atoms with E-state index in [1.807, 2.05) is 12.4 Å². The number of para-hydroxylation sites is 2. The third kappa shape index (κ3) is 3.96. The average Bonchev–Trinajstić information content (AvgIpc) is 3.66. The Morgan fingerprint density at radius 3 is 1.58 bits per heavy atom. The molecule has 0 aliphatic rings. The van der Waals surface area contributed by atoms with Crippen LogP contribution in [0.4, 0.5) is 0 Å². The van der Waals surface area contributed by atoms with Gasteiger partial charge >= 0.3 is 269 Å². The van der Waals surface area contributed by atoms with Gasteiger partial charge in [0.05, 0.1) is 0 Å². The molecule has 0 bridgehead atoms. The molecular formula is C40H27GeN3S. The van der Waals surface area contributed by atoms with Gasteiger partial charge in [0.2, 0.25) is 0 Å². The zero-order chi connectivity index (χ0) is 29.8. The van der Waals surface area contributed by atoms with Crippen LogP contribution in [0.5, 0.6) is 0 Å². The van der Waals surface area contributed by atoms with Crippen LogP contribution in [0.3, 0.4) is 0 Å². The standard InChI is InChI=1S/C40H27GeN3S/c1-4-14-28(15-5-1)41(29-16-6-2-7-17-29,30-18-8-3-9-19-30)35-24-25-42-38-34-26-31(27-43-40(34)45-39(35)38)44-36-22-12-10-20-32(36)33-21-11-13-23-37(33)44/h1-27H. The van der Waals surface area contributed by atoms with E-state index >= 15 is 0 Å². The van der Waals surface area contributed by atoms with Crippen LogP contribution in [-0.2, 0) is 0 Å². The average molecular weight is 654 g/mol. The summed E-state index contributed by atoms with van der Waals surface area (Å²) in [6, 6.07) is 55.3. The van der Waals surface area contributed by atoms with Gasteiger partial charge in [0.1, 0.15) is 0 Å². The molecule has 3 nitrogen and oxygen atoms in total. The van der Waals surface area contributed by atoms with E-state index in [2.05, 4.69) is 156 Å². The molecule has 0 fully saturated rings. The number of fused-ring (bicyclic) bond motifs is 6. The summed E-state index contributed by atoms with van der Waals surface area (Å²) in [5, 5.41) is 3.59. The van der Waals surface area contributed by atoms with Crippen LogP contribution >= 0.6 is 11.3 Å². The van der Waals surface area contributed by atoms with Gasteiger partial charge in [0.25, 0.3) is 0 Å². The summed E-state index contributed by atoms with van der Waals surface area (Å²) in [4.78, 5) is 11.2. The number of thiophene rings is 1. The Morgan fingerprint density at radius 2 is 1.02 bits per heavy atom. The monoisotopic (exact) mass is 655 g/mol. The van der Waals surface area contributed by atoms with Gasteiger partial charge in [0, 0.05) is 0 Å². The van der Waals surface area contributed by atoms with Crippen molar-refractivity contribution >= 4 is 84.4 Å². The van der Waals surface area contributed by atoms with Crippen LogP contribution in [0.25, 0.3) is 47.9 Å². The molecule has 5 aromatic carbocycles. The fraction of sp³-hybridized carbons (Fsp3) is 0. The van der Waals surface area contributed by atoms with Gasteiger partial charge < -0.3 is 0 Å². The summed E-state index contributed by atoms with van der Waals surface area (Å²) < 4.78 is 9.17. The molecule has 212 valence electrons. The minimum absolute atomic E-state index is 1.01. The normalized spacial score (nSPS) is 12.0. The Hall–Kier alpha value is -5.04. The second-order valence-corrected chi connectivity index (χ2v) is 20.3. The number of pyridine rings is 2. The topological polar surface area (TPSA) is 30.7 Å². The molecule has 4 aromatic heterocycles. The molecule has 0 aliphatic heterocycles. The first-order valence-corrected chi connectivity index (χ1v) is 20.2. The fourth-order valence-corrected chi connectivity index (χ4v) is 19.4. The molecule has 4 heterocycles. The summed E-state index contributed by atoms with van der Waals surface area (Å²) in [7, 11) is 0. The van der Waals surface area contributed by atoms with Crippen LogP contribution in [0.15, 0.2) is 164 Å². The molecular weight excluding hydrogens is 627 g/mol. The van der Waals surface area contributed by atoms with Gasteiger partial charge in [-0.05, 0) is 0 Å². The number of nitrogens with zero attached hydrogens (tertiary/aromatic N) is 3. The minimum atomic E-state index is -3.49. The van der Waals surface area contributed by atoms with Gasteiger partial charge in [-0.15, -0.1) is 0 Å². The first-order valence-electron chi connectivity index (χ1n) is 15.2. The maximum absolute atomic E-state index is 5.11. The van der Waals surface area contributed by atoms with Gasteiger partial charge in [-0.2, -0.15) is 0 Å². The zero-order valence-corrected chi connectivity index (χ0v) is 27.3. The zero-order valence-electron chi connectivity index (χ0n) is 24.3. The maximum atomic E-state index is 5.11. The summed E-state index contributed by atoms with van der Waals surface area (Å²) >= 11 is -1.71. The molecule has 0 aliphatic carbocycles. The summed E-state index contributed by atoms with van der Waals surface area (Å²) in [5.74, 6) is 0. The van der Waals surface area contributed by atoms with Crippen LogP contribution in [0.2, 0.25) is 0 Å². The van der Waals surface area contributed by atoms with E-state index in [0.29, 0.717) is 0 Å². The molecule has 45 heavy (non-hydrogen) atoms. The molecule has 9 aromatic rings. The Morgan fingerprint density at radius 1 is 0.511 bits per heavy atom. The molecule has 0 radical (unpaired) electrons. The third-order valence-electron chi connectivity index (χ3n) is 9.06. The van der Waals surface area contributed by atoms with Crippen molar-refractivity contribution < 1.29 is 0 Å². The van der Waals surface area contributed by atoms with Crippen molar-refractivity contribution in [2.75, 3.05) is 0 Å². The van der Waals surface area contributed by atoms with E-state index in [1.54, 1.807) is 11.3 Å². The van der Waals surface area contributed by atoms with Crippen molar-refractivity contribution in [2.45, 2.75) is 0 Å². The fourth-order valence-electron chi connectivity index (χ4n) is 7.18. The van der Waals surface area contributed by atoms with Crippen LogP contribution < -0.4 is 17.6 Å². The quantitative estimate of drug-likeness (QED) is 0.182. The van der Waals surface area contributed by atoms with Gasteiger partial charge in [0.15, 0.2) is 0 Å². The molecule has 0 saturated carbocycles. The number of benzene rings is 5. The molecule has 9 rings (SSSR count). The second-order valence-electron chi connectivity index (χ2n) is 11.4. The molecule has 0 saturated heterocycles. The summed E-state index contributed by atoms with van der Waals surface area (Å²) in [6.07, 6.45) is 4.04. The molecule has 0 atom stereocenters. The van der Waals surface area contributed by atoms with Gasteiger partial charge in [-0.3, -0.25) is 0 Å². The molecule has 0 amide bonds. The van der Waals surface area contributed by atoms with E-state index in [9.17, 15) is 0 Å². The molecule has 5 heteroatoms. The predicted molar refractivity (Wildman–Crippen MR) is 193 cm³/mol. The van der Waals surface area contributed by atoms with Crippen molar-refractivity contribution in [3.05, 3.63) is 164 Å². The van der Waals surface area contributed by atoms with Crippen molar-refractivity contribution in [2.24, 2.45) is 0 Å². The Balaban J connectivity index is 1.36. The van der Waals surface area contributed by atoms with E-state index < -0.39 is 13.3 Å². The molecule has 0 N–H and O–H groups in total. The number of aromatic nitrogens is 3. The van der Waals surface area contributed by atoms with Crippen molar-refractivity contribution in [1.82, 2.24) is 14.5 Å². The Bertz CT molecular complexity index is 2340. The third-order valence-corrected chi connectivity index (χ3v) is 20.7. The first-order chi connectivity index (χ1) is 22.3. The van der Waals surface area contributed by atoms with Gasteiger partial charge in [-0.1, -0.05) is 0 Å². The number of hydrogen-bond donors (Lipinski definition) is 0. The van der Waals surface area contributed by atoms with E-state index in [4.69, 9.17) is 9.97 Å². The first kappa shape index (κ1) is 26.4. The van der Waals surface area contributed by atoms with Crippen molar-refractivity contribution in [3.8, 4) is 5.69 Å².